The standard InChI is InChI=1S/C15H16F3N3O/c1-21(10-6-8-19-9-10)12-4-5-13(22-15(16,17)18)14-11(12)3-2-7-20-14/h2-5,7,10,19H,6,8-9H2,1H3/t10-/m0/s1. The highest BCUT2D eigenvalue weighted by molar-refractivity contribution is 5.95. The molecular formula is C15H16F3N3O. The van der Waals surface area contributed by atoms with E-state index in [4.69, 9.17) is 0 Å². The van der Waals surface area contributed by atoms with Crippen LogP contribution in [0.1, 0.15) is 6.42 Å². The molecule has 0 bridgehead atoms. The first kappa shape index (κ1) is 14.9. The number of benzene rings is 1. The van der Waals surface area contributed by atoms with E-state index in [0.29, 0.717) is 11.4 Å². The molecule has 1 aliphatic rings. The second-order valence-electron chi connectivity index (χ2n) is 5.29. The van der Waals surface area contributed by atoms with Gasteiger partial charge in [0.05, 0.1) is 0 Å². The van der Waals surface area contributed by atoms with E-state index < -0.39 is 6.36 Å². The van der Waals surface area contributed by atoms with Crippen LogP contribution in [0.4, 0.5) is 18.9 Å². The smallest absolute Gasteiger partial charge is 0.403 e. The van der Waals surface area contributed by atoms with Crippen LogP contribution in [0, 0.1) is 0 Å². The zero-order valence-corrected chi connectivity index (χ0v) is 12.0. The lowest BCUT2D eigenvalue weighted by molar-refractivity contribution is -0.274. The lowest BCUT2D eigenvalue weighted by atomic mass is 10.1. The molecule has 0 radical (unpaired) electrons. The normalized spacial score (nSPS) is 18.6. The number of pyridine rings is 1. The number of anilines is 1. The van der Waals surface area contributed by atoms with Gasteiger partial charge in [0.2, 0.25) is 0 Å². The molecule has 0 amide bonds. The average molecular weight is 311 g/mol. The number of hydrogen-bond donors (Lipinski definition) is 1. The molecule has 1 N–H and O–H groups in total. The number of nitrogens with zero attached hydrogens (tertiary/aromatic N) is 2. The van der Waals surface area contributed by atoms with Gasteiger partial charge in [-0.25, -0.2) is 0 Å². The van der Waals surface area contributed by atoms with E-state index in [-0.39, 0.29) is 11.3 Å². The maximum atomic E-state index is 12.5. The van der Waals surface area contributed by atoms with Crippen molar-refractivity contribution in [2.75, 3.05) is 25.0 Å². The minimum atomic E-state index is -4.73. The minimum absolute atomic E-state index is 0.218. The second-order valence-corrected chi connectivity index (χ2v) is 5.29. The van der Waals surface area contributed by atoms with Crippen molar-refractivity contribution in [3.8, 4) is 5.75 Å². The van der Waals surface area contributed by atoms with Gasteiger partial charge in [0.1, 0.15) is 5.52 Å². The van der Waals surface area contributed by atoms with E-state index in [9.17, 15) is 13.2 Å². The third-order valence-electron chi connectivity index (χ3n) is 3.90. The molecule has 0 saturated carbocycles. The number of alkyl halides is 3. The van der Waals surface area contributed by atoms with Gasteiger partial charge >= 0.3 is 6.36 Å². The monoisotopic (exact) mass is 311 g/mol. The van der Waals surface area contributed by atoms with Gasteiger partial charge in [0.15, 0.2) is 5.75 Å². The van der Waals surface area contributed by atoms with E-state index in [1.165, 1.54) is 12.3 Å². The number of hydrogen-bond acceptors (Lipinski definition) is 4. The van der Waals surface area contributed by atoms with Gasteiger partial charge in [0.25, 0.3) is 0 Å². The first-order valence-electron chi connectivity index (χ1n) is 7.03. The Balaban J connectivity index is 2.04. The zero-order chi connectivity index (χ0) is 15.7. The van der Waals surface area contributed by atoms with Crippen molar-refractivity contribution in [2.45, 2.75) is 18.8 Å². The number of halogens is 3. The van der Waals surface area contributed by atoms with Crippen molar-refractivity contribution in [1.82, 2.24) is 10.3 Å². The van der Waals surface area contributed by atoms with Crippen LogP contribution in [-0.2, 0) is 0 Å². The second kappa shape index (κ2) is 5.64. The van der Waals surface area contributed by atoms with Gasteiger partial charge in [-0.05, 0) is 37.2 Å². The molecule has 1 atom stereocenters. The Bertz CT molecular complexity index is 669. The highest BCUT2D eigenvalue weighted by Gasteiger charge is 2.32. The molecule has 7 heteroatoms. The maximum Gasteiger partial charge on any atom is 0.573 e. The van der Waals surface area contributed by atoms with Gasteiger partial charge in [-0.3, -0.25) is 4.98 Å². The molecule has 1 aromatic heterocycles. The molecule has 0 spiro atoms. The van der Waals surface area contributed by atoms with E-state index in [1.807, 2.05) is 7.05 Å². The number of fused-ring (bicyclic) bond motifs is 1. The molecule has 22 heavy (non-hydrogen) atoms. The largest absolute Gasteiger partial charge is 0.573 e. The van der Waals surface area contributed by atoms with E-state index in [2.05, 4.69) is 19.9 Å². The Morgan fingerprint density at radius 2 is 2.14 bits per heavy atom. The lowest BCUT2D eigenvalue weighted by Crippen LogP contribution is -2.33. The Kier molecular flexibility index (Phi) is 3.82. The summed E-state index contributed by atoms with van der Waals surface area (Å²) in [6.45, 7) is 1.81. The minimum Gasteiger partial charge on any atom is -0.403 e. The molecule has 1 saturated heterocycles. The molecule has 1 aromatic carbocycles. The van der Waals surface area contributed by atoms with Crippen LogP contribution in [0.2, 0.25) is 0 Å². The van der Waals surface area contributed by atoms with Crippen molar-refractivity contribution < 1.29 is 17.9 Å². The summed E-state index contributed by atoms with van der Waals surface area (Å²) in [4.78, 5) is 6.15. The number of rotatable bonds is 3. The van der Waals surface area contributed by atoms with Crippen LogP contribution in [-0.4, -0.2) is 37.5 Å². The van der Waals surface area contributed by atoms with Gasteiger partial charge in [-0.1, -0.05) is 0 Å². The summed E-state index contributed by atoms with van der Waals surface area (Å²) in [5.74, 6) is -0.273. The number of ether oxygens (including phenoxy) is 1. The quantitative estimate of drug-likeness (QED) is 0.946. The van der Waals surface area contributed by atoms with Crippen molar-refractivity contribution in [2.24, 2.45) is 0 Å². The van der Waals surface area contributed by atoms with Gasteiger partial charge in [-0.2, -0.15) is 0 Å². The fraction of sp³-hybridized carbons (Fsp3) is 0.400. The van der Waals surface area contributed by atoms with Gasteiger partial charge in [0, 0.05) is 36.9 Å². The molecule has 1 fully saturated rings. The zero-order valence-electron chi connectivity index (χ0n) is 12.0. The summed E-state index contributed by atoms with van der Waals surface area (Å²) >= 11 is 0. The Morgan fingerprint density at radius 1 is 1.32 bits per heavy atom. The van der Waals surface area contributed by atoms with Crippen molar-refractivity contribution in [1.29, 1.82) is 0 Å². The first-order chi connectivity index (χ1) is 10.5. The Hall–Kier alpha value is -2.02. The summed E-state index contributed by atoms with van der Waals surface area (Å²) in [5, 5.41) is 3.93. The third kappa shape index (κ3) is 2.94. The number of likely N-dealkylation sites (N-methyl/N-ethyl adjacent to an activating group) is 1. The Morgan fingerprint density at radius 3 is 2.82 bits per heavy atom. The lowest BCUT2D eigenvalue weighted by Gasteiger charge is -2.27. The SMILES string of the molecule is CN(c1ccc(OC(F)(F)F)c2ncccc12)[C@H]1CCNC1. The summed E-state index contributed by atoms with van der Waals surface area (Å²) in [6, 6.07) is 6.78. The number of aromatic nitrogens is 1. The summed E-state index contributed by atoms with van der Waals surface area (Å²) in [6.07, 6.45) is -2.27. The van der Waals surface area contributed by atoms with Crippen LogP contribution in [0.3, 0.4) is 0 Å². The van der Waals surface area contributed by atoms with Gasteiger partial charge in [-0.15, -0.1) is 13.2 Å². The highest BCUT2D eigenvalue weighted by Crippen LogP contribution is 2.35. The summed E-state index contributed by atoms with van der Waals surface area (Å²) in [7, 11) is 1.95. The predicted octanol–water partition coefficient (Wildman–Crippen LogP) is 2.93. The average Bonchev–Trinajstić information content (AvgIpc) is 3.00. The van der Waals surface area contributed by atoms with Crippen molar-refractivity contribution in [3.05, 3.63) is 30.5 Å². The van der Waals surface area contributed by atoms with E-state index >= 15 is 0 Å². The molecule has 4 nitrogen and oxygen atoms in total. The fourth-order valence-electron chi connectivity index (χ4n) is 2.81. The molecule has 1 aliphatic heterocycles. The number of nitrogens with one attached hydrogen (secondary N) is 1. The topological polar surface area (TPSA) is 37.4 Å². The maximum absolute atomic E-state index is 12.5. The summed E-state index contributed by atoms with van der Waals surface area (Å²) in [5.41, 5.74) is 1.07. The highest BCUT2D eigenvalue weighted by atomic mass is 19.4. The van der Waals surface area contributed by atoms with Crippen LogP contribution in [0.5, 0.6) is 5.75 Å². The molecule has 2 heterocycles. The van der Waals surface area contributed by atoms with E-state index in [1.54, 1.807) is 18.2 Å². The van der Waals surface area contributed by atoms with Crippen LogP contribution in [0.25, 0.3) is 10.9 Å². The van der Waals surface area contributed by atoms with Crippen molar-refractivity contribution in [3.63, 3.8) is 0 Å². The van der Waals surface area contributed by atoms with Crippen LogP contribution >= 0.6 is 0 Å². The van der Waals surface area contributed by atoms with Crippen LogP contribution < -0.4 is 15.0 Å². The summed E-state index contributed by atoms with van der Waals surface area (Å²) < 4.78 is 41.6. The van der Waals surface area contributed by atoms with Crippen LogP contribution in [0.15, 0.2) is 30.5 Å². The van der Waals surface area contributed by atoms with E-state index in [0.717, 1.165) is 25.2 Å². The Labute approximate surface area is 125 Å². The molecule has 0 aliphatic carbocycles. The first-order valence-corrected chi connectivity index (χ1v) is 7.03. The van der Waals surface area contributed by atoms with Gasteiger partial charge < -0.3 is 15.0 Å². The fourth-order valence-corrected chi connectivity index (χ4v) is 2.81. The molecule has 118 valence electrons. The molecule has 0 unspecified atom stereocenters. The predicted molar refractivity (Wildman–Crippen MR) is 78.1 cm³/mol. The van der Waals surface area contributed by atoms with Crippen molar-refractivity contribution >= 4 is 16.6 Å². The molecule has 3 rings (SSSR count). The third-order valence-corrected chi connectivity index (χ3v) is 3.90. The molecular weight excluding hydrogens is 295 g/mol. The molecule has 2 aromatic rings.